The van der Waals surface area contributed by atoms with Gasteiger partial charge in [0.2, 0.25) is 0 Å². The summed E-state index contributed by atoms with van der Waals surface area (Å²) >= 11 is 0. The maximum Gasteiger partial charge on any atom is 0.331 e. The average Bonchev–Trinajstić information content (AvgIpc) is 3.07. The molecule has 0 bridgehead atoms. The maximum atomic E-state index is 12.0. The van der Waals surface area contributed by atoms with Crippen molar-refractivity contribution >= 4 is 34.4 Å². The summed E-state index contributed by atoms with van der Waals surface area (Å²) in [7, 11) is 0. The van der Waals surface area contributed by atoms with Gasteiger partial charge in [-0.15, -0.1) is 0 Å². The van der Waals surface area contributed by atoms with Crippen molar-refractivity contribution in [3.63, 3.8) is 0 Å². The summed E-state index contributed by atoms with van der Waals surface area (Å²) in [5, 5.41) is 11.6. The fourth-order valence-electron chi connectivity index (χ4n) is 2.43. The number of nitro benzene ring substituents is 1. The molecule has 0 spiro atoms. The third kappa shape index (κ3) is 3.84. The third-order valence-corrected chi connectivity index (χ3v) is 3.77. The van der Waals surface area contributed by atoms with E-state index in [2.05, 4.69) is 4.98 Å². The number of carbonyl (C=O) groups is 2. The van der Waals surface area contributed by atoms with Gasteiger partial charge >= 0.3 is 5.97 Å². The number of H-pyrrole nitrogens is 1. The molecule has 26 heavy (non-hydrogen) atoms. The molecule has 0 fully saturated rings. The molecule has 130 valence electrons. The van der Waals surface area contributed by atoms with E-state index >= 15 is 0 Å². The Bertz CT molecular complexity index is 1000. The van der Waals surface area contributed by atoms with E-state index in [4.69, 9.17) is 4.74 Å². The Morgan fingerprint density at radius 2 is 1.85 bits per heavy atom. The molecule has 3 rings (SSSR count). The first-order valence-corrected chi connectivity index (χ1v) is 7.73. The van der Waals surface area contributed by atoms with Gasteiger partial charge < -0.3 is 9.72 Å². The molecule has 7 heteroatoms. The summed E-state index contributed by atoms with van der Waals surface area (Å²) in [5.74, 6) is -1.08. The van der Waals surface area contributed by atoms with E-state index in [-0.39, 0.29) is 11.3 Å². The minimum atomic E-state index is -0.648. The van der Waals surface area contributed by atoms with Gasteiger partial charge in [0.05, 0.1) is 4.92 Å². The molecule has 2 aromatic carbocycles. The highest BCUT2D eigenvalue weighted by Crippen LogP contribution is 2.18. The number of carbonyl (C=O) groups excluding carboxylic acids is 2. The summed E-state index contributed by atoms with van der Waals surface area (Å²) in [6.45, 7) is -0.436. The Morgan fingerprint density at radius 3 is 2.58 bits per heavy atom. The van der Waals surface area contributed by atoms with Gasteiger partial charge in [0.15, 0.2) is 12.4 Å². The van der Waals surface area contributed by atoms with Crippen LogP contribution in [-0.4, -0.2) is 28.3 Å². The number of ether oxygens (including phenoxy) is 1. The SMILES string of the molecule is O=C(/C=C/c1c[nH]c2ccccc12)OCC(=O)c1ccc([N+](=O)[O-])cc1. The number of fused-ring (bicyclic) bond motifs is 1. The zero-order chi connectivity index (χ0) is 18.5. The first-order chi connectivity index (χ1) is 12.5. The first-order valence-electron chi connectivity index (χ1n) is 7.73. The zero-order valence-corrected chi connectivity index (χ0v) is 13.5. The summed E-state index contributed by atoms with van der Waals surface area (Å²) < 4.78 is 4.93. The van der Waals surface area contributed by atoms with Crippen LogP contribution in [0, 0.1) is 10.1 Å². The van der Waals surface area contributed by atoms with Gasteiger partial charge in [-0.05, 0) is 24.3 Å². The highest BCUT2D eigenvalue weighted by atomic mass is 16.6. The second kappa shape index (κ2) is 7.43. The molecule has 0 aliphatic heterocycles. The molecule has 0 saturated heterocycles. The fourth-order valence-corrected chi connectivity index (χ4v) is 2.43. The second-order valence-corrected chi connectivity index (χ2v) is 5.46. The Morgan fingerprint density at radius 1 is 1.12 bits per heavy atom. The van der Waals surface area contributed by atoms with Crippen LogP contribution in [0.5, 0.6) is 0 Å². The van der Waals surface area contributed by atoms with Crippen molar-refractivity contribution in [2.45, 2.75) is 0 Å². The number of rotatable bonds is 6. The van der Waals surface area contributed by atoms with E-state index in [0.717, 1.165) is 16.5 Å². The Balaban J connectivity index is 1.58. The molecule has 0 aliphatic carbocycles. The molecule has 1 heterocycles. The van der Waals surface area contributed by atoms with Crippen LogP contribution >= 0.6 is 0 Å². The topological polar surface area (TPSA) is 102 Å². The van der Waals surface area contributed by atoms with Crippen LogP contribution in [-0.2, 0) is 9.53 Å². The number of Topliss-reactive ketones (excluding diaryl/α,β-unsaturated/α-hetero) is 1. The lowest BCUT2D eigenvalue weighted by atomic mass is 10.1. The maximum absolute atomic E-state index is 12.0. The van der Waals surface area contributed by atoms with Crippen molar-refractivity contribution in [2.75, 3.05) is 6.61 Å². The van der Waals surface area contributed by atoms with Crippen LogP contribution in [0.4, 0.5) is 5.69 Å². The molecule has 0 unspecified atom stereocenters. The van der Waals surface area contributed by atoms with Gasteiger partial charge in [-0.3, -0.25) is 14.9 Å². The number of aromatic nitrogens is 1. The summed E-state index contributed by atoms with van der Waals surface area (Å²) in [6, 6.07) is 12.8. The number of benzene rings is 2. The Kier molecular flexibility index (Phi) is 4.89. The number of ketones is 1. The van der Waals surface area contributed by atoms with Gasteiger partial charge in [-0.1, -0.05) is 18.2 Å². The monoisotopic (exact) mass is 350 g/mol. The predicted molar refractivity (Wildman–Crippen MR) is 95.7 cm³/mol. The number of aromatic amines is 1. The molecule has 0 radical (unpaired) electrons. The zero-order valence-electron chi connectivity index (χ0n) is 13.5. The molecule has 0 amide bonds. The number of esters is 1. The van der Waals surface area contributed by atoms with Crippen LogP contribution in [0.25, 0.3) is 17.0 Å². The molecule has 1 aromatic heterocycles. The lowest BCUT2D eigenvalue weighted by Crippen LogP contribution is -2.12. The van der Waals surface area contributed by atoms with Crippen LogP contribution in [0.3, 0.4) is 0 Å². The summed E-state index contributed by atoms with van der Waals surface area (Å²) in [6.07, 6.45) is 4.63. The molecule has 1 N–H and O–H groups in total. The summed E-state index contributed by atoms with van der Waals surface area (Å²) in [5.41, 5.74) is 1.91. The molecule has 7 nitrogen and oxygen atoms in total. The molecular weight excluding hydrogens is 336 g/mol. The minimum Gasteiger partial charge on any atom is -0.454 e. The average molecular weight is 350 g/mol. The van der Waals surface area contributed by atoms with Crippen LogP contribution in [0.1, 0.15) is 15.9 Å². The standard InChI is InChI=1S/C19H14N2O5/c22-18(13-5-8-15(9-6-13)21(24)25)12-26-19(23)10-7-14-11-20-17-4-2-1-3-16(14)17/h1-11,20H,12H2/b10-7+. The number of hydrogen-bond acceptors (Lipinski definition) is 5. The Labute approximate surface area is 148 Å². The molecule has 0 saturated carbocycles. The van der Waals surface area contributed by atoms with Crippen LogP contribution < -0.4 is 0 Å². The molecule has 0 atom stereocenters. The predicted octanol–water partition coefficient (Wildman–Crippen LogP) is 3.52. The Hall–Kier alpha value is -3.74. The molecular formula is C19H14N2O5. The number of hydrogen-bond donors (Lipinski definition) is 1. The first kappa shape index (κ1) is 17.1. The van der Waals surface area contributed by atoms with Gasteiger partial charge in [0.25, 0.3) is 5.69 Å². The lowest BCUT2D eigenvalue weighted by molar-refractivity contribution is -0.384. The van der Waals surface area contributed by atoms with Gasteiger partial charge in [0, 0.05) is 46.4 Å². The van der Waals surface area contributed by atoms with Gasteiger partial charge in [-0.2, -0.15) is 0 Å². The smallest absolute Gasteiger partial charge is 0.331 e. The quantitative estimate of drug-likeness (QED) is 0.241. The van der Waals surface area contributed by atoms with Crippen molar-refractivity contribution in [2.24, 2.45) is 0 Å². The van der Waals surface area contributed by atoms with E-state index in [9.17, 15) is 19.7 Å². The highest BCUT2D eigenvalue weighted by molar-refractivity contribution is 5.99. The van der Waals surface area contributed by atoms with Crippen LogP contribution in [0.15, 0.2) is 60.8 Å². The number of nitro groups is 1. The minimum absolute atomic E-state index is 0.111. The van der Waals surface area contributed by atoms with Crippen molar-refractivity contribution < 1.29 is 19.2 Å². The third-order valence-electron chi connectivity index (χ3n) is 3.77. The number of nitrogens with one attached hydrogen (secondary N) is 1. The van der Waals surface area contributed by atoms with E-state index in [1.165, 1.54) is 30.3 Å². The molecule has 3 aromatic rings. The number of nitrogens with zero attached hydrogens (tertiary/aromatic N) is 1. The number of non-ortho nitro benzene ring substituents is 1. The highest BCUT2D eigenvalue weighted by Gasteiger charge is 2.11. The molecule has 0 aliphatic rings. The fraction of sp³-hybridized carbons (Fsp3) is 0.0526. The van der Waals surface area contributed by atoms with Gasteiger partial charge in [0.1, 0.15) is 0 Å². The van der Waals surface area contributed by atoms with E-state index in [1.54, 1.807) is 12.3 Å². The van der Waals surface area contributed by atoms with Crippen LogP contribution in [0.2, 0.25) is 0 Å². The lowest BCUT2D eigenvalue weighted by Gasteiger charge is -2.01. The van der Waals surface area contributed by atoms with Crippen molar-refractivity contribution in [3.05, 3.63) is 82.0 Å². The van der Waals surface area contributed by atoms with E-state index in [1.807, 2.05) is 24.3 Å². The largest absolute Gasteiger partial charge is 0.454 e. The number of para-hydroxylation sites is 1. The van der Waals surface area contributed by atoms with Gasteiger partial charge in [-0.25, -0.2) is 4.79 Å². The van der Waals surface area contributed by atoms with Crippen molar-refractivity contribution in [1.82, 2.24) is 4.98 Å². The summed E-state index contributed by atoms with van der Waals surface area (Å²) in [4.78, 5) is 36.9. The van der Waals surface area contributed by atoms with Crippen molar-refractivity contribution in [3.8, 4) is 0 Å². The normalized spacial score (nSPS) is 10.9. The van der Waals surface area contributed by atoms with Crippen molar-refractivity contribution in [1.29, 1.82) is 0 Å². The van der Waals surface area contributed by atoms with E-state index < -0.39 is 23.3 Å². The van der Waals surface area contributed by atoms with E-state index in [0.29, 0.717) is 0 Å². The second-order valence-electron chi connectivity index (χ2n) is 5.46.